The number of aromatic carboxylic acids is 1. The van der Waals surface area contributed by atoms with E-state index in [0.717, 1.165) is 0 Å². The predicted octanol–water partition coefficient (Wildman–Crippen LogP) is 2.93. The third-order valence-corrected chi connectivity index (χ3v) is 2.53. The minimum atomic E-state index is -1.13. The molecule has 2 aromatic heterocycles. The van der Waals surface area contributed by atoms with Crippen LogP contribution < -0.4 is 4.74 Å². The second-order valence-corrected chi connectivity index (χ2v) is 3.90. The van der Waals surface area contributed by atoms with E-state index in [1.807, 2.05) is 0 Å². The van der Waals surface area contributed by atoms with Gasteiger partial charge in [-0.1, -0.05) is 11.6 Å². The Balaban J connectivity index is 2.33. The largest absolute Gasteiger partial charge is 0.478 e. The average Bonchev–Trinajstić information content (AvgIpc) is 2.34. The topological polar surface area (TPSA) is 72.3 Å². The zero-order valence-corrected chi connectivity index (χ0v) is 10.2. The average molecular weight is 265 g/mol. The van der Waals surface area contributed by atoms with Gasteiger partial charge in [-0.15, -0.1) is 0 Å². The van der Waals surface area contributed by atoms with Gasteiger partial charge in [0.05, 0.1) is 22.5 Å². The van der Waals surface area contributed by atoms with Gasteiger partial charge in [0, 0.05) is 12.3 Å². The number of ether oxygens (including phenoxy) is 1. The molecular formula is C12H9ClN2O3. The van der Waals surface area contributed by atoms with Crippen molar-refractivity contribution in [1.82, 2.24) is 9.97 Å². The Morgan fingerprint density at radius 1 is 1.44 bits per heavy atom. The molecule has 2 heterocycles. The van der Waals surface area contributed by atoms with Crippen molar-refractivity contribution in [3.63, 3.8) is 0 Å². The van der Waals surface area contributed by atoms with Crippen molar-refractivity contribution in [3.8, 4) is 11.6 Å². The highest BCUT2D eigenvalue weighted by Gasteiger charge is 2.12. The highest BCUT2D eigenvalue weighted by atomic mass is 35.5. The van der Waals surface area contributed by atoms with Gasteiger partial charge >= 0.3 is 5.97 Å². The Kier molecular flexibility index (Phi) is 3.43. The van der Waals surface area contributed by atoms with Crippen LogP contribution in [0.4, 0.5) is 0 Å². The highest BCUT2D eigenvalue weighted by Crippen LogP contribution is 2.25. The van der Waals surface area contributed by atoms with E-state index in [0.29, 0.717) is 11.4 Å². The third kappa shape index (κ3) is 2.57. The first-order valence-corrected chi connectivity index (χ1v) is 5.44. The summed E-state index contributed by atoms with van der Waals surface area (Å²) in [6, 6.07) is 4.71. The molecule has 2 aromatic rings. The molecule has 0 bridgehead atoms. The Morgan fingerprint density at radius 2 is 2.22 bits per heavy atom. The summed E-state index contributed by atoms with van der Waals surface area (Å²) in [7, 11) is 0. The van der Waals surface area contributed by atoms with Crippen molar-refractivity contribution in [2.45, 2.75) is 6.92 Å². The molecule has 0 radical (unpaired) electrons. The second kappa shape index (κ2) is 5.01. The zero-order valence-electron chi connectivity index (χ0n) is 9.42. The van der Waals surface area contributed by atoms with Gasteiger partial charge in [0.15, 0.2) is 5.75 Å². The van der Waals surface area contributed by atoms with Crippen molar-refractivity contribution in [3.05, 3.63) is 46.9 Å². The van der Waals surface area contributed by atoms with E-state index in [1.165, 1.54) is 12.3 Å². The molecule has 18 heavy (non-hydrogen) atoms. The Labute approximate surface area is 108 Å². The van der Waals surface area contributed by atoms with E-state index >= 15 is 0 Å². The first-order chi connectivity index (χ1) is 8.58. The number of halogens is 1. The van der Waals surface area contributed by atoms with Crippen molar-refractivity contribution >= 4 is 17.6 Å². The lowest BCUT2D eigenvalue weighted by Crippen LogP contribution is -2.00. The maximum Gasteiger partial charge on any atom is 0.337 e. The van der Waals surface area contributed by atoms with Crippen LogP contribution in [0.3, 0.4) is 0 Å². The van der Waals surface area contributed by atoms with Gasteiger partial charge < -0.3 is 9.84 Å². The van der Waals surface area contributed by atoms with Gasteiger partial charge in [-0.2, -0.15) is 0 Å². The molecule has 0 aliphatic carbocycles. The summed E-state index contributed by atoms with van der Waals surface area (Å²) < 4.78 is 5.46. The van der Waals surface area contributed by atoms with Crippen molar-refractivity contribution in [2.75, 3.05) is 0 Å². The molecule has 0 saturated heterocycles. The number of pyridine rings is 2. The standard InChI is InChI=1S/C12H9ClN2O3/c1-7-10(3-2-4-14-7)18-11-5-8(12(16)17)9(13)6-15-11/h2-6H,1H3,(H,16,17). The Bertz CT molecular complexity index is 602. The lowest BCUT2D eigenvalue weighted by Gasteiger charge is -2.07. The van der Waals surface area contributed by atoms with Crippen LogP contribution in [-0.2, 0) is 0 Å². The Hall–Kier alpha value is -2.14. The van der Waals surface area contributed by atoms with Crippen LogP contribution in [0, 0.1) is 6.92 Å². The Morgan fingerprint density at radius 3 is 2.89 bits per heavy atom. The van der Waals surface area contributed by atoms with E-state index in [1.54, 1.807) is 25.3 Å². The van der Waals surface area contributed by atoms with Gasteiger partial charge in [-0.05, 0) is 19.1 Å². The third-order valence-electron chi connectivity index (χ3n) is 2.23. The lowest BCUT2D eigenvalue weighted by atomic mass is 10.2. The van der Waals surface area contributed by atoms with E-state index in [-0.39, 0.29) is 16.5 Å². The summed E-state index contributed by atoms with van der Waals surface area (Å²) in [6.45, 7) is 1.78. The van der Waals surface area contributed by atoms with E-state index in [2.05, 4.69) is 9.97 Å². The molecule has 0 unspecified atom stereocenters. The summed E-state index contributed by atoms with van der Waals surface area (Å²) >= 11 is 5.71. The second-order valence-electron chi connectivity index (χ2n) is 3.50. The lowest BCUT2D eigenvalue weighted by molar-refractivity contribution is 0.0696. The number of hydrogen-bond donors (Lipinski definition) is 1. The van der Waals surface area contributed by atoms with Crippen LogP contribution in [0.5, 0.6) is 11.6 Å². The predicted molar refractivity (Wildman–Crippen MR) is 65.3 cm³/mol. The summed E-state index contributed by atoms with van der Waals surface area (Å²) in [5, 5.41) is 9.00. The van der Waals surface area contributed by atoms with Gasteiger partial charge in [0.25, 0.3) is 0 Å². The molecule has 0 aliphatic heterocycles. The monoisotopic (exact) mass is 264 g/mol. The smallest absolute Gasteiger partial charge is 0.337 e. The van der Waals surface area contributed by atoms with Crippen molar-refractivity contribution < 1.29 is 14.6 Å². The molecule has 0 atom stereocenters. The number of aryl methyl sites for hydroxylation is 1. The molecule has 5 nitrogen and oxygen atoms in total. The zero-order chi connectivity index (χ0) is 13.1. The summed E-state index contributed by atoms with van der Waals surface area (Å²) in [6.07, 6.45) is 2.88. The fraction of sp³-hybridized carbons (Fsp3) is 0.0833. The quantitative estimate of drug-likeness (QED) is 0.923. The number of nitrogens with zero attached hydrogens (tertiary/aromatic N) is 2. The summed E-state index contributed by atoms with van der Waals surface area (Å²) in [5.41, 5.74) is 0.634. The number of carbonyl (C=O) groups is 1. The van der Waals surface area contributed by atoms with Crippen LogP contribution in [0.1, 0.15) is 16.1 Å². The van der Waals surface area contributed by atoms with Gasteiger partial charge in [0.1, 0.15) is 0 Å². The molecule has 1 N–H and O–H groups in total. The fourth-order valence-corrected chi connectivity index (χ4v) is 1.51. The van der Waals surface area contributed by atoms with Crippen LogP contribution in [-0.4, -0.2) is 21.0 Å². The number of hydrogen-bond acceptors (Lipinski definition) is 4. The highest BCUT2D eigenvalue weighted by molar-refractivity contribution is 6.33. The molecule has 0 aliphatic rings. The number of carboxylic acid groups (broad SMARTS) is 1. The number of aromatic nitrogens is 2. The van der Waals surface area contributed by atoms with Gasteiger partial charge in [-0.3, -0.25) is 4.98 Å². The maximum atomic E-state index is 10.9. The molecule has 0 aromatic carbocycles. The van der Waals surface area contributed by atoms with Crippen molar-refractivity contribution in [1.29, 1.82) is 0 Å². The molecule has 2 rings (SSSR count). The van der Waals surface area contributed by atoms with E-state index in [4.69, 9.17) is 21.4 Å². The van der Waals surface area contributed by atoms with E-state index < -0.39 is 5.97 Å². The van der Waals surface area contributed by atoms with Gasteiger partial charge in [-0.25, -0.2) is 9.78 Å². The minimum absolute atomic E-state index is 0.0526. The SMILES string of the molecule is Cc1ncccc1Oc1cc(C(=O)O)c(Cl)cn1. The number of carboxylic acids is 1. The fourth-order valence-electron chi connectivity index (χ4n) is 1.33. The maximum absolute atomic E-state index is 10.9. The normalized spacial score (nSPS) is 10.1. The van der Waals surface area contributed by atoms with Crippen LogP contribution >= 0.6 is 11.6 Å². The molecule has 6 heteroatoms. The molecule has 0 amide bonds. The molecule has 92 valence electrons. The van der Waals surface area contributed by atoms with Gasteiger partial charge in [0.2, 0.25) is 5.88 Å². The molecule has 0 saturated carbocycles. The number of rotatable bonds is 3. The van der Waals surface area contributed by atoms with Crippen molar-refractivity contribution in [2.24, 2.45) is 0 Å². The minimum Gasteiger partial charge on any atom is -0.478 e. The first kappa shape index (κ1) is 12.3. The first-order valence-electron chi connectivity index (χ1n) is 5.06. The van der Waals surface area contributed by atoms with Crippen LogP contribution in [0.25, 0.3) is 0 Å². The molecule has 0 fully saturated rings. The summed E-state index contributed by atoms with van der Waals surface area (Å²) in [5.74, 6) is -0.452. The van der Waals surface area contributed by atoms with Crippen LogP contribution in [0.15, 0.2) is 30.6 Å². The molecule has 0 spiro atoms. The molecular weight excluding hydrogens is 256 g/mol. The summed E-state index contributed by atoms with van der Waals surface area (Å²) in [4.78, 5) is 18.9. The van der Waals surface area contributed by atoms with Crippen LogP contribution in [0.2, 0.25) is 5.02 Å². The van der Waals surface area contributed by atoms with E-state index in [9.17, 15) is 4.79 Å².